The normalized spacial score (nSPS) is 9.81. The summed E-state index contributed by atoms with van der Waals surface area (Å²) in [6.07, 6.45) is 0.767. The zero-order valence-electron chi connectivity index (χ0n) is 15.2. The van der Waals surface area contributed by atoms with E-state index in [1.807, 2.05) is 18.2 Å². The van der Waals surface area contributed by atoms with Gasteiger partial charge in [0.05, 0.1) is 32.4 Å². The lowest BCUT2D eigenvalue weighted by Gasteiger charge is -2.10. The summed E-state index contributed by atoms with van der Waals surface area (Å²) in [6, 6.07) is 14.0. The summed E-state index contributed by atoms with van der Waals surface area (Å²) in [4.78, 5) is 23.8. The Labute approximate surface area is 157 Å². The van der Waals surface area contributed by atoms with Crippen molar-refractivity contribution in [1.29, 1.82) is 5.26 Å². The SMILES string of the molecule is COc1ccc(CCC(=O)NCC(=O)Nc2ccc(C#N)cc2)cc1OC. The molecule has 0 radical (unpaired) electrons. The highest BCUT2D eigenvalue weighted by molar-refractivity contribution is 5.94. The molecule has 27 heavy (non-hydrogen) atoms. The zero-order chi connectivity index (χ0) is 19.6. The van der Waals surface area contributed by atoms with Crippen LogP contribution in [0.3, 0.4) is 0 Å². The topological polar surface area (TPSA) is 100 Å². The lowest BCUT2D eigenvalue weighted by atomic mass is 10.1. The van der Waals surface area contributed by atoms with Crippen LogP contribution in [-0.4, -0.2) is 32.6 Å². The molecule has 0 aromatic heterocycles. The second-order valence-electron chi connectivity index (χ2n) is 5.70. The zero-order valence-corrected chi connectivity index (χ0v) is 15.2. The van der Waals surface area contributed by atoms with Crippen molar-refractivity contribution in [2.45, 2.75) is 12.8 Å². The summed E-state index contributed by atoms with van der Waals surface area (Å²) in [6.45, 7) is -0.120. The molecule has 0 heterocycles. The predicted molar refractivity (Wildman–Crippen MR) is 101 cm³/mol. The quantitative estimate of drug-likeness (QED) is 0.745. The van der Waals surface area contributed by atoms with E-state index in [0.717, 1.165) is 5.56 Å². The third-order valence-electron chi connectivity index (χ3n) is 3.83. The Morgan fingerprint density at radius 2 is 1.70 bits per heavy atom. The summed E-state index contributed by atoms with van der Waals surface area (Å²) < 4.78 is 10.4. The summed E-state index contributed by atoms with van der Waals surface area (Å²) in [5, 5.41) is 14.0. The van der Waals surface area contributed by atoms with E-state index in [1.165, 1.54) is 0 Å². The van der Waals surface area contributed by atoms with Crippen LogP contribution in [0.1, 0.15) is 17.5 Å². The van der Waals surface area contributed by atoms with Gasteiger partial charge in [-0.05, 0) is 48.4 Å². The van der Waals surface area contributed by atoms with Crippen LogP contribution in [0.15, 0.2) is 42.5 Å². The van der Waals surface area contributed by atoms with Crippen molar-refractivity contribution < 1.29 is 19.1 Å². The average molecular weight is 367 g/mol. The molecule has 2 amide bonds. The molecule has 0 unspecified atom stereocenters. The highest BCUT2D eigenvalue weighted by Crippen LogP contribution is 2.27. The Bertz CT molecular complexity index is 841. The number of rotatable bonds is 8. The van der Waals surface area contributed by atoms with Crippen LogP contribution >= 0.6 is 0 Å². The number of ether oxygens (including phenoxy) is 2. The number of hydrogen-bond donors (Lipinski definition) is 2. The van der Waals surface area contributed by atoms with E-state index >= 15 is 0 Å². The number of carbonyl (C=O) groups excluding carboxylic acids is 2. The lowest BCUT2D eigenvalue weighted by molar-refractivity contribution is -0.124. The number of anilines is 1. The van der Waals surface area contributed by atoms with Gasteiger partial charge in [-0.25, -0.2) is 0 Å². The molecule has 2 rings (SSSR count). The molecule has 0 saturated carbocycles. The predicted octanol–water partition coefficient (Wildman–Crippen LogP) is 2.26. The minimum Gasteiger partial charge on any atom is -0.493 e. The highest BCUT2D eigenvalue weighted by Gasteiger charge is 2.09. The third kappa shape index (κ3) is 6.04. The molecule has 2 N–H and O–H groups in total. The number of aryl methyl sites for hydroxylation is 1. The number of amides is 2. The van der Waals surface area contributed by atoms with Gasteiger partial charge in [-0.15, -0.1) is 0 Å². The lowest BCUT2D eigenvalue weighted by Crippen LogP contribution is -2.32. The second-order valence-corrected chi connectivity index (χ2v) is 5.70. The molecule has 0 spiro atoms. The van der Waals surface area contributed by atoms with Crippen LogP contribution in [0.4, 0.5) is 5.69 Å². The number of benzene rings is 2. The van der Waals surface area contributed by atoms with Gasteiger partial charge in [0.2, 0.25) is 11.8 Å². The maximum absolute atomic E-state index is 12.0. The summed E-state index contributed by atoms with van der Waals surface area (Å²) >= 11 is 0. The van der Waals surface area contributed by atoms with Crippen LogP contribution in [0, 0.1) is 11.3 Å². The Kier molecular flexibility index (Phi) is 7.20. The van der Waals surface area contributed by atoms with Crippen molar-refractivity contribution in [1.82, 2.24) is 5.32 Å². The minimum absolute atomic E-state index is 0.120. The number of carbonyl (C=O) groups is 2. The largest absolute Gasteiger partial charge is 0.493 e. The van der Waals surface area contributed by atoms with Gasteiger partial charge in [0.25, 0.3) is 0 Å². The maximum Gasteiger partial charge on any atom is 0.243 e. The fourth-order valence-corrected chi connectivity index (χ4v) is 2.39. The number of methoxy groups -OCH3 is 2. The number of hydrogen-bond acceptors (Lipinski definition) is 5. The molecular formula is C20H21N3O4. The molecule has 0 saturated heterocycles. The van der Waals surface area contributed by atoms with E-state index in [0.29, 0.717) is 29.2 Å². The van der Waals surface area contributed by atoms with Crippen LogP contribution in [-0.2, 0) is 16.0 Å². The van der Waals surface area contributed by atoms with Crippen LogP contribution in [0.2, 0.25) is 0 Å². The molecule has 7 nitrogen and oxygen atoms in total. The van der Waals surface area contributed by atoms with Crippen LogP contribution in [0.25, 0.3) is 0 Å². The monoisotopic (exact) mass is 367 g/mol. The smallest absolute Gasteiger partial charge is 0.243 e. The van der Waals surface area contributed by atoms with Gasteiger partial charge < -0.3 is 20.1 Å². The standard InChI is InChI=1S/C20H21N3O4/c1-26-17-9-5-14(11-18(17)27-2)6-10-19(24)22-13-20(25)23-16-7-3-15(12-21)4-8-16/h3-5,7-9,11H,6,10,13H2,1-2H3,(H,22,24)(H,23,25). The minimum atomic E-state index is -0.334. The van der Waals surface area contributed by atoms with Crippen LogP contribution < -0.4 is 20.1 Å². The summed E-state index contributed by atoms with van der Waals surface area (Å²) in [7, 11) is 3.12. The number of nitrogens with zero attached hydrogens (tertiary/aromatic N) is 1. The first-order chi connectivity index (χ1) is 13.0. The van der Waals surface area contributed by atoms with Crippen molar-refractivity contribution in [2.75, 3.05) is 26.1 Å². The van der Waals surface area contributed by atoms with Crippen LogP contribution in [0.5, 0.6) is 11.5 Å². The molecule has 0 aliphatic heterocycles. The molecule has 0 fully saturated rings. The maximum atomic E-state index is 12.0. The van der Waals surface area contributed by atoms with E-state index in [2.05, 4.69) is 10.6 Å². The Balaban J connectivity index is 1.77. The molecule has 0 bridgehead atoms. The molecule has 0 aliphatic rings. The van der Waals surface area contributed by atoms with E-state index in [-0.39, 0.29) is 24.8 Å². The first-order valence-corrected chi connectivity index (χ1v) is 8.33. The van der Waals surface area contributed by atoms with Gasteiger partial charge in [0.15, 0.2) is 11.5 Å². The summed E-state index contributed by atoms with van der Waals surface area (Å²) in [5.41, 5.74) is 2.01. The molecular weight excluding hydrogens is 346 g/mol. The van der Waals surface area contributed by atoms with Crippen molar-refractivity contribution in [3.05, 3.63) is 53.6 Å². The fraction of sp³-hybridized carbons (Fsp3) is 0.250. The molecule has 0 aliphatic carbocycles. The van der Waals surface area contributed by atoms with Gasteiger partial charge in [-0.2, -0.15) is 5.26 Å². The summed E-state index contributed by atoms with van der Waals surface area (Å²) in [5.74, 6) is 0.682. The van der Waals surface area contributed by atoms with Gasteiger partial charge >= 0.3 is 0 Å². The van der Waals surface area contributed by atoms with Crippen molar-refractivity contribution >= 4 is 17.5 Å². The average Bonchev–Trinajstić information content (AvgIpc) is 2.71. The van der Waals surface area contributed by atoms with E-state index < -0.39 is 0 Å². The van der Waals surface area contributed by atoms with Gasteiger partial charge in [-0.1, -0.05) is 6.07 Å². The Morgan fingerprint density at radius 3 is 2.33 bits per heavy atom. The first kappa shape index (κ1) is 19.8. The third-order valence-corrected chi connectivity index (χ3v) is 3.83. The van der Waals surface area contributed by atoms with E-state index in [4.69, 9.17) is 14.7 Å². The Morgan fingerprint density at radius 1 is 1.00 bits per heavy atom. The Hall–Kier alpha value is -3.53. The molecule has 7 heteroatoms. The van der Waals surface area contributed by atoms with Crippen molar-refractivity contribution in [3.63, 3.8) is 0 Å². The van der Waals surface area contributed by atoms with E-state index in [9.17, 15) is 9.59 Å². The van der Waals surface area contributed by atoms with Crippen molar-refractivity contribution in [3.8, 4) is 17.6 Å². The number of nitrogens with one attached hydrogen (secondary N) is 2. The molecule has 0 atom stereocenters. The molecule has 2 aromatic rings. The molecule has 140 valence electrons. The first-order valence-electron chi connectivity index (χ1n) is 8.33. The number of nitriles is 1. The van der Waals surface area contributed by atoms with Crippen molar-refractivity contribution in [2.24, 2.45) is 0 Å². The highest BCUT2D eigenvalue weighted by atomic mass is 16.5. The van der Waals surface area contributed by atoms with E-state index in [1.54, 1.807) is 44.6 Å². The fourth-order valence-electron chi connectivity index (χ4n) is 2.39. The molecule has 2 aromatic carbocycles. The second kappa shape index (κ2) is 9.82. The van der Waals surface area contributed by atoms with Gasteiger partial charge in [0, 0.05) is 12.1 Å². The van der Waals surface area contributed by atoms with Gasteiger partial charge in [-0.3, -0.25) is 9.59 Å². The van der Waals surface area contributed by atoms with Gasteiger partial charge in [0.1, 0.15) is 0 Å².